The molecule has 0 aromatic heterocycles. The zero-order valence-corrected chi connectivity index (χ0v) is 19.5. The fourth-order valence-corrected chi connectivity index (χ4v) is 3.77. The number of unbranched alkanes of at least 4 members (excludes halogenated alkanes) is 1. The van der Waals surface area contributed by atoms with E-state index in [4.69, 9.17) is 17.0 Å². The standard InChI is InChI=1S/C25H31N3O3S/c1-3-4-16-31-22-11-6-5-10-21(22)23(29)27-25(32)26-20-9-7-8-19(17-20)24(30)28-14-12-18(2)13-15-28/h5-11,17-18H,3-4,12-16H2,1-2H3,(H2,26,27,29,32). The average Bonchev–Trinajstić information content (AvgIpc) is 2.79. The van der Waals surface area contributed by atoms with Crippen LogP contribution in [0.25, 0.3) is 0 Å². The van der Waals surface area contributed by atoms with Gasteiger partial charge in [0, 0.05) is 24.3 Å². The summed E-state index contributed by atoms with van der Waals surface area (Å²) in [5, 5.41) is 5.87. The van der Waals surface area contributed by atoms with E-state index < -0.39 is 0 Å². The third kappa shape index (κ3) is 6.53. The van der Waals surface area contributed by atoms with Crippen molar-refractivity contribution in [3.8, 4) is 5.75 Å². The molecule has 6 nitrogen and oxygen atoms in total. The minimum Gasteiger partial charge on any atom is -0.493 e. The Bertz CT molecular complexity index is 955. The molecule has 1 fully saturated rings. The molecule has 0 aliphatic carbocycles. The Morgan fingerprint density at radius 1 is 1.12 bits per heavy atom. The van der Waals surface area contributed by atoms with Gasteiger partial charge in [-0.25, -0.2) is 0 Å². The molecule has 2 aromatic rings. The Balaban J connectivity index is 1.60. The average molecular weight is 454 g/mol. The van der Waals surface area contributed by atoms with Gasteiger partial charge in [-0.05, 0) is 67.7 Å². The summed E-state index contributed by atoms with van der Waals surface area (Å²) in [6.07, 6.45) is 4.00. The van der Waals surface area contributed by atoms with Crippen LogP contribution in [0.4, 0.5) is 5.69 Å². The predicted molar refractivity (Wildman–Crippen MR) is 131 cm³/mol. The van der Waals surface area contributed by atoms with Crippen LogP contribution in [0, 0.1) is 5.92 Å². The summed E-state index contributed by atoms with van der Waals surface area (Å²) in [7, 11) is 0. The van der Waals surface area contributed by atoms with Gasteiger partial charge < -0.3 is 15.0 Å². The largest absolute Gasteiger partial charge is 0.493 e. The van der Waals surface area contributed by atoms with Crippen LogP contribution >= 0.6 is 12.2 Å². The monoisotopic (exact) mass is 453 g/mol. The van der Waals surface area contributed by atoms with Crippen molar-refractivity contribution >= 4 is 34.8 Å². The molecule has 7 heteroatoms. The molecule has 3 rings (SSSR count). The van der Waals surface area contributed by atoms with Crippen molar-refractivity contribution in [1.29, 1.82) is 0 Å². The van der Waals surface area contributed by atoms with E-state index in [1.54, 1.807) is 30.3 Å². The van der Waals surface area contributed by atoms with Gasteiger partial charge >= 0.3 is 0 Å². The van der Waals surface area contributed by atoms with Gasteiger partial charge in [-0.2, -0.15) is 0 Å². The smallest absolute Gasteiger partial charge is 0.261 e. The fourth-order valence-electron chi connectivity index (χ4n) is 3.56. The molecule has 0 spiro atoms. The van der Waals surface area contributed by atoms with E-state index in [0.29, 0.717) is 35.1 Å². The number of amides is 2. The molecule has 1 aliphatic rings. The van der Waals surface area contributed by atoms with Gasteiger partial charge in [0.2, 0.25) is 0 Å². The number of hydrogen-bond donors (Lipinski definition) is 2. The lowest BCUT2D eigenvalue weighted by Crippen LogP contribution is -2.38. The number of benzene rings is 2. The second-order valence-electron chi connectivity index (χ2n) is 8.16. The summed E-state index contributed by atoms with van der Waals surface area (Å²) in [5.74, 6) is 0.873. The number of likely N-dealkylation sites (tertiary alicyclic amines) is 1. The van der Waals surface area contributed by atoms with Crippen molar-refractivity contribution in [3.05, 3.63) is 59.7 Å². The highest BCUT2D eigenvalue weighted by Crippen LogP contribution is 2.20. The van der Waals surface area contributed by atoms with Crippen LogP contribution in [0.2, 0.25) is 0 Å². The van der Waals surface area contributed by atoms with Crippen molar-refractivity contribution in [2.45, 2.75) is 39.5 Å². The van der Waals surface area contributed by atoms with Gasteiger partial charge in [-0.15, -0.1) is 0 Å². The van der Waals surface area contributed by atoms with Crippen molar-refractivity contribution in [2.24, 2.45) is 5.92 Å². The van der Waals surface area contributed by atoms with Crippen molar-refractivity contribution < 1.29 is 14.3 Å². The molecule has 0 bridgehead atoms. The van der Waals surface area contributed by atoms with Gasteiger partial charge in [-0.3, -0.25) is 14.9 Å². The normalized spacial score (nSPS) is 14.0. The quantitative estimate of drug-likeness (QED) is 0.463. The van der Waals surface area contributed by atoms with Crippen molar-refractivity contribution in [1.82, 2.24) is 10.2 Å². The van der Waals surface area contributed by atoms with Gasteiger partial charge in [-0.1, -0.05) is 38.5 Å². The molecule has 0 unspecified atom stereocenters. The molecule has 1 heterocycles. The Kier molecular flexibility index (Phi) is 8.62. The predicted octanol–water partition coefficient (Wildman–Crippen LogP) is 4.86. The SMILES string of the molecule is CCCCOc1ccccc1C(=O)NC(=S)Nc1cccc(C(=O)N2CCC(C)CC2)c1. The van der Waals surface area contributed by atoms with E-state index in [1.807, 2.05) is 23.1 Å². The van der Waals surface area contributed by atoms with E-state index in [9.17, 15) is 9.59 Å². The third-order valence-electron chi connectivity index (χ3n) is 5.55. The molecule has 2 amide bonds. The summed E-state index contributed by atoms with van der Waals surface area (Å²) in [6, 6.07) is 14.3. The number of nitrogens with one attached hydrogen (secondary N) is 2. The van der Waals surface area contributed by atoms with Crippen LogP contribution < -0.4 is 15.4 Å². The summed E-state index contributed by atoms with van der Waals surface area (Å²) in [5.41, 5.74) is 1.68. The zero-order chi connectivity index (χ0) is 22.9. The molecule has 2 aromatic carbocycles. The van der Waals surface area contributed by atoms with E-state index in [-0.39, 0.29) is 16.9 Å². The highest BCUT2D eigenvalue weighted by Gasteiger charge is 2.21. The minimum absolute atomic E-state index is 0.0219. The Morgan fingerprint density at radius 2 is 1.88 bits per heavy atom. The minimum atomic E-state index is -0.343. The number of anilines is 1. The van der Waals surface area contributed by atoms with Crippen molar-refractivity contribution in [3.63, 3.8) is 0 Å². The van der Waals surface area contributed by atoms with Gasteiger partial charge in [0.15, 0.2) is 5.11 Å². The molecule has 170 valence electrons. The molecular formula is C25H31N3O3S. The van der Waals surface area contributed by atoms with Crippen LogP contribution in [-0.4, -0.2) is 41.5 Å². The van der Waals surface area contributed by atoms with E-state index in [2.05, 4.69) is 24.5 Å². The van der Waals surface area contributed by atoms with Gasteiger partial charge in [0.05, 0.1) is 12.2 Å². The number of rotatable bonds is 7. The van der Waals surface area contributed by atoms with E-state index >= 15 is 0 Å². The molecule has 0 saturated carbocycles. The molecule has 1 aliphatic heterocycles. The second kappa shape index (κ2) is 11.6. The number of piperidine rings is 1. The van der Waals surface area contributed by atoms with Gasteiger partial charge in [0.1, 0.15) is 5.75 Å². The van der Waals surface area contributed by atoms with Crippen LogP contribution in [-0.2, 0) is 0 Å². The lowest BCUT2D eigenvalue weighted by molar-refractivity contribution is 0.0697. The van der Waals surface area contributed by atoms with Crippen molar-refractivity contribution in [2.75, 3.05) is 25.0 Å². The van der Waals surface area contributed by atoms with Crippen LogP contribution in [0.1, 0.15) is 60.2 Å². The Hall–Kier alpha value is -2.93. The molecule has 0 radical (unpaired) electrons. The second-order valence-corrected chi connectivity index (χ2v) is 8.57. The number of carbonyl (C=O) groups excluding carboxylic acids is 2. The van der Waals surface area contributed by atoms with Crippen LogP contribution in [0.3, 0.4) is 0 Å². The van der Waals surface area contributed by atoms with E-state index in [1.165, 1.54) is 0 Å². The van der Waals surface area contributed by atoms with E-state index in [0.717, 1.165) is 38.8 Å². The molecular weight excluding hydrogens is 422 g/mol. The van der Waals surface area contributed by atoms with Gasteiger partial charge in [0.25, 0.3) is 11.8 Å². The number of nitrogens with zero attached hydrogens (tertiary/aromatic N) is 1. The summed E-state index contributed by atoms with van der Waals surface area (Å²) in [4.78, 5) is 27.5. The first-order valence-electron chi connectivity index (χ1n) is 11.2. The first-order chi connectivity index (χ1) is 15.5. The lowest BCUT2D eigenvalue weighted by atomic mass is 9.98. The molecule has 2 N–H and O–H groups in total. The summed E-state index contributed by atoms with van der Waals surface area (Å²) in [6.45, 7) is 6.43. The molecule has 1 saturated heterocycles. The number of para-hydroxylation sites is 1. The summed E-state index contributed by atoms with van der Waals surface area (Å²) < 4.78 is 5.74. The molecule has 0 atom stereocenters. The topological polar surface area (TPSA) is 70.7 Å². The highest BCUT2D eigenvalue weighted by molar-refractivity contribution is 7.80. The first-order valence-corrected chi connectivity index (χ1v) is 11.6. The lowest BCUT2D eigenvalue weighted by Gasteiger charge is -2.30. The number of hydrogen-bond acceptors (Lipinski definition) is 4. The third-order valence-corrected chi connectivity index (χ3v) is 5.76. The van der Waals surface area contributed by atoms with Crippen LogP contribution in [0.5, 0.6) is 5.75 Å². The Labute approximate surface area is 195 Å². The number of carbonyl (C=O) groups is 2. The fraction of sp³-hybridized carbons (Fsp3) is 0.400. The molecule has 32 heavy (non-hydrogen) atoms. The maximum absolute atomic E-state index is 12.8. The summed E-state index contributed by atoms with van der Waals surface area (Å²) >= 11 is 5.33. The number of ether oxygens (including phenoxy) is 1. The first kappa shape index (κ1) is 23.7. The highest BCUT2D eigenvalue weighted by atomic mass is 32.1. The van der Waals surface area contributed by atoms with Crippen LogP contribution in [0.15, 0.2) is 48.5 Å². The number of thiocarbonyl (C=S) groups is 1. The Morgan fingerprint density at radius 3 is 2.62 bits per heavy atom. The maximum atomic E-state index is 12.8. The zero-order valence-electron chi connectivity index (χ0n) is 18.7. The maximum Gasteiger partial charge on any atom is 0.261 e.